The van der Waals surface area contributed by atoms with E-state index >= 15 is 0 Å². The minimum Gasteiger partial charge on any atom is -0.466 e. The maximum absolute atomic E-state index is 11.4. The first-order valence-electron chi connectivity index (χ1n) is 5.12. The summed E-state index contributed by atoms with van der Waals surface area (Å²) in [4.78, 5) is 11.4. The van der Waals surface area contributed by atoms with Gasteiger partial charge < -0.3 is 4.74 Å². The highest BCUT2D eigenvalue weighted by molar-refractivity contribution is 7.86. The smallest absolute Gasteiger partial charge is 0.334 e. The SMILES string of the molecule is COC(=O)C(=Cc1ccc(C)cc1)CS(=O)(=O)O. The highest BCUT2D eigenvalue weighted by Gasteiger charge is 2.17. The number of rotatable bonds is 4. The van der Waals surface area contributed by atoms with Crippen molar-refractivity contribution in [2.24, 2.45) is 0 Å². The number of esters is 1. The molecule has 0 aliphatic heterocycles. The number of carbonyl (C=O) groups is 1. The Morgan fingerprint density at radius 3 is 2.33 bits per heavy atom. The largest absolute Gasteiger partial charge is 0.466 e. The van der Waals surface area contributed by atoms with Gasteiger partial charge in [0.1, 0.15) is 5.75 Å². The van der Waals surface area contributed by atoms with Crippen molar-refractivity contribution in [3.63, 3.8) is 0 Å². The molecule has 0 aromatic heterocycles. The maximum Gasteiger partial charge on any atom is 0.334 e. The van der Waals surface area contributed by atoms with Crippen LogP contribution in [0.3, 0.4) is 0 Å². The predicted octanol–water partition coefficient (Wildman–Crippen LogP) is 1.44. The molecule has 0 bridgehead atoms. The van der Waals surface area contributed by atoms with E-state index < -0.39 is 21.8 Å². The summed E-state index contributed by atoms with van der Waals surface area (Å²) in [5.74, 6) is -1.55. The van der Waals surface area contributed by atoms with Crippen molar-refractivity contribution in [3.05, 3.63) is 41.0 Å². The Bertz CT molecular complexity index is 555. The minimum atomic E-state index is -4.28. The average molecular weight is 270 g/mol. The van der Waals surface area contributed by atoms with Gasteiger partial charge in [-0.1, -0.05) is 29.8 Å². The lowest BCUT2D eigenvalue weighted by Gasteiger charge is -2.04. The molecule has 6 heteroatoms. The Kier molecular flexibility index (Phi) is 4.63. The molecule has 0 fully saturated rings. The van der Waals surface area contributed by atoms with Gasteiger partial charge in [0.15, 0.2) is 0 Å². The second-order valence-electron chi connectivity index (χ2n) is 3.80. The Morgan fingerprint density at radius 2 is 1.89 bits per heavy atom. The number of ether oxygens (including phenoxy) is 1. The third kappa shape index (κ3) is 4.68. The number of hydrogen-bond acceptors (Lipinski definition) is 4. The summed E-state index contributed by atoms with van der Waals surface area (Å²) < 4.78 is 34.9. The van der Waals surface area contributed by atoms with E-state index in [1.165, 1.54) is 6.08 Å². The minimum absolute atomic E-state index is 0.121. The Hall–Kier alpha value is -1.66. The van der Waals surface area contributed by atoms with Gasteiger partial charge in [-0.15, -0.1) is 0 Å². The summed E-state index contributed by atoms with van der Waals surface area (Å²) in [6.07, 6.45) is 1.37. The van der Waals surface area contributed by atoms with Crippen molar-refractivity contribution in [2.45, 2.75) is 6.92 Å². The number of hydrogen-bond donors (Lipinski definition) is 1. The first kappa shape index (κ1) is 14.4. The van der Waals surface area contributed by atoms with Crippen LogP contribution in [0.15, 0.2) is 29.8 Å². The van der Waals surface area contributed by atoms with Crippen LogP contribution in [-0.4, -0.2) is 31.8 Å². The predicted molar refractivity (Wildman–Crippen MR) is 67.6 cm³/mol. The van der Waals surface area contributed by atoms with Gasteiger partial charge in [0.05, 0.1) is 12.7 Å². The summed E-state index contributed by atoms with van der Waals surface area (Å²) in [6.45, 7) is 1.91. The maximum atomic E-state index is 11.4. The van der Waals surface area contributed by atoms with Crippen LogP contribution in [0.4, 0.5) is 0 Å². The molecule has 0 amide bonds. The Labute approximate surface area is 106 Å². The summed E-state index contributed by atoms with van der Waals surface area (Å²) in [5, 5.41) is 0. The molecule has 0 spiro atoms. The van der Waals surface area contributed by atoms with Crippen LogP contribution >= 0.6 is 0 Å². The highest BCUT2D eigenvalue weighted by Crippen LogP contribution is 2.11. The third-order valence-corrected chi connectivity index (χ3v) is 2.88. The van der Waals surface area contributed by atoms with Crippen molar-refractivity contribution in [1.29, 1.82) is 0 Å². The topological polar surface area (TPSA) is 80.7 Å². The van der Waals surface area contributed by atoms with Gasteiger partial charge in [0, 0.05) is 0 Å². The zero-order chi connectivity index (χ0) is 13.8. The number of benzene rings is 1. The molecule has 0 unspecified atom stereocenters. The first-order valence-corrected chi connectivity index (χ1v) is 6.73. The van der Waals surface area contributed by atoms with Crippen molar-refractivity contribution in [1.82, 2.24) is 0 Å². The molecule has 1 N–H and O–H groups in total. The molecule has 98 valence electrons. The molecule has 0 aliphatic carbocycles. The van der Waals surface area contributed by atoms with Crippen LogP contribution in [0.1, 0.15) is 11.1 Å². The van der Waals surface area contributed by atoms with Gasteiger partial charge in [-0.3, -0.25) is 4.55 Å². The van der Waals surface area contributed by atoms with Gasteiger partial charge in [-0.25, -0.2) is 4.79 Å². The summed E-state index contributed by atoms with van der Waals surface area (Å²) in [5.41, 5.74) is 1.58. The summed E-state index contributed by atoms with van der Waals surface area (Å²) >= 11 is 0. The number of aryl methyl sites for hydroxylation is 1. The van der Waals surface area contributed by atoms with E-state index in [0.29, 0.717) is 5.56 Å². The monoisotopic (exact) mass is 270 g/mol. The molecule has 1 rings (SSSR count). The average Bonchev–Trinajstić information content (AvgIpc) is 2.28. The van der Waals surface area contributed by atoms with E-state index in [2.05, 4.69) is 4.74 Å². The lowest BCUT2D eigenvalue weighted by molar-refractivity contribution is -0.135. The van der Waals surface area contributed by atoms with E-state index in [0.717, 1.165) is 12.7 Å². The lowest BCUT2D eigenvalue weighted by atomic mass is 10.1. The van der Waals surface area contributed by atoms with Crippen molar-refractivity contribution in [2.75, 3.05) is 12.9 Å². The Balaban J connectivity index is 3.10. The zero-order valence-electron chi connectivity index (χ0n) is 10.1. The van der Waals surface area contributed by atoms with Crippen molar-refractivity contribution in [3.8, 4) is 0 Å². The van der Waals surface area contributed by atoms with Gasteiger partial charge in [-0.2, -0.15) is 8.42 Å². The normalized spacial score (nSPS) is 12.3. The molecule has 0 saturated carbocycles. The molecule has 0 aliphatic rings. The fourth-order valence-corrected chi connectivity index (χ4v) is 1.95. The summed E-state index contributed by atoms with van der Waals surface area (Å²) in [7, 11) is -3.13. The molecular weight excluding hydrogens is 256 g/mol. The first-order chi connectivity index (χ1) is 8.31. The molecule has 0 radical (unpaired) electrons. The second-order valence-corrected chi connectivity index (χ2v) is 5.25. The molecule has 1 aromatic carbocycles. The second kappa shape index (κ2) is 5.79. The van der Waals surface area contributed by atoms with Crippen LogP contribution in [-0.2, 0) is 19.6 Å². The van der Waals surface area contributed by atoms with Crippen LogP contribution in [0.2, 0.25) is 0 Å². The van der Waals surface area contributed by atoms with Gasteiger partial charge in [-0.05, 0) is 18.6 Å². The number of methoxy groups -OCH3 is 1. The lowest BCUT2D eigenvalue weighted by Crippen LogP contribution is -2.15. The van der Waals surface area contributed by atoms with E-state index in [4.69, 9.17) is 4.55 Å². The van der Waals surface area contributed by atoms with E-state index in [1.807, 2.05) is 19.1 Å². The van der Waals surface area contributed by atoms with E-state index in [1.54, 1.807) is 12.1 Å². The number of carbonyl (C=O) groups excluding carboxylic acids is 1. The van der Waals surface area contributed by atoms with Crippen LogP contribution in [0, 0.1) is 6.92 Å². The van der Waals surface area contributed by atoms with Crippen LogP contribution in [0.5, 0.6) is 0 Å². The van der Waals surface area contributed by atoms with E-state index in [-0.39, 0.29) is 5.57 Å². The van der Waals surface area contributed by atoms with Gasteiger partial charge in [0.25, 0.3) is 10.1 Å². The quantitative estimate of drug-likeness (QED) is 0.508. The van der Waals surface area contributed by atoms with Crippen molar-refractivity contribution >= 4 is 22.2 Å². The fraction of sp³-hybridized carbons (Fsp3) is 0.250. The molecule has 0 saturated heterocycles. The zero-order valence-corrected chi connectivity index (χ0v) is 10.9. The fourth-order valence-electron chi connectivity index (χ4n) is 1.35. The molecule has 0 heterocycles. The third-order valence-electron chi connectivity index (χ3n) is 2.20. The summed E-state index contributed by atoms with van der Waals surface area (Å²) in [6, 6.07) is 7.13. The standard InChI is InChI=1S/C12H14O5S/c1-9-3-5-10(6-4-9)7-11(12(13)17-2)8-18(14,15)16/h3-7H,8H2,1-2H3,(H,14,15,16). The van der Waals surface area contributed by atoms with Gasteiger partial charge >= 0.3 is 5.97 Å². The van der Waals surface area contributed by atoms with E-state index in [9.17, 15) is 13.2 Å². The van der Waals surface area contributed by atoms with Crippen LogP contribution in [0.25, 0.3) is 6.08 Å². The highest BCUT2D eigenvalue weighted by atomic mass is 32.2. The molecule has 18 heavy (non-hydrogen) atoms. The Morgan fingerprint density at radius 1 is 1.33 bits per heavy atom. The molecular formula is C12H14O5S. The molecule has 5 nitrogen and oxygen atoms in total. The van der Waals surface area contributed by atoms with Crippen molar-refractivity contribution < 1.29 is 22.5 Å². The molecule has 1 aromatic rings. The van der Waals surface area contributed by atoms with Gasteiger partial charge in [0.2, 0.25) is 0 Å². The van der Waals surface area contributed by atoms with Crippen LogP contribution < -0.4 is 0 Å². The molecule has 0 atom stereocenters.